The van der Waals surface area contributed by atoms with Crippen molar-refractivity contribution in [1.29, 1.82) is 0 Å². The second-order valence-corrected chi connectivity index (χ2v) is 7.28. The number of amides is 1. The summed E-state index contributed by atoms with van der Waals surface area (Å²) < 4.78 is 27.5. The quantitative estimate of drug-likeness (QED) is 0.736. The lowest BCUT2D eigenvalue weighted by molar-refractivity contribution is -0.114. The van der Waals surface area contributed by atoms with Crippen LogP contribution in [0.25, 0.3) is 10.8 Å². The molecule has 2 aromatic carbocycles. The summed E-state index contributed by atoms with van der Waals surface area (Å²) in [7, 11) is -3.66. The molecule has 0 spiro atoms. The van der Waals surface area contributed by atoms with Crippen molar-refractivity contribution in [2.24, 2.45) is 0 Å². The molecule has 2 N–H and O–H groups in total. The molecule has 3 rings (SSSR count). The first-order valence-corrected chi connectivity index (χ1v) is 9.14. The fourth-order valence-electron chi connectivity index (χ4n) is 2.48. The Labute approximate surface area is 146 Å². The van der Waals surface area contributed by atoms with E-state index in [1.165, 1.54) is 13.0 Å². The van der Waals surface area contributed by atoms with Crippen LogP contribution in [0.3, 0.4) is 0 Å². The maximum atomic E-state index is 12.5. The molecule has 6 nitrogen and oxygen atoms in total. The summed E-state index contributed by atoms with van der Waals surface area (Å²) in [6.45, 7) is 1.55. The second-order valence-electron chi connectivity index (χ2n) is 5.52. The minimum Gasteiger partial charge on any atom is -0.326 e. The number of carbonyl (C=O) groups is 1. The van der Waals surface area contributed by atoms with Gasteiger partial charge in [-0.25, -0.2) is 13.1 Å². The van der Waals surface area contributed by atoms with Crippen LogP contribution in [0.4, 0.5) is 5.69 Å². The normalized spacial score (nSPS) is 11.4. The number of pyridine rings is 1. The van der Waals surface area contributed by atoms with Crippen LogP contribution in [-0.2, 0) is 21.4 Å². The molecule has 0 atom stereocenters. The number of fused-ring (bicyclic) bond motifs is 1. The van der Waals surface area contributed by atoms with Crippen molar-refractivity contribution in [3.05, 3.63) is 66.5 Å². The van der Waals surface area contributed by atoms with Crippen LogP contribution in [-0.4, -0.2) is 19.3 Å². The summed E-state index contributed by atoms with van der Waals surface area (Å²) in [6.07, 6.45) is 1.61. The zero-order valence-electron chi connectivity index (χ0n) is 13.6. The van der Waals surface area contributed by atoms with E-state index in [0.717, 1.165) is 10.8 Å². The predicted octanol–water partition coefficient (Wildman–Crippen LogP) is 2.67. The molecular formula is C18H17N3O3S. The SMILES string of the molecule is CC(=O)Nc1cccc2cc(S(=O)(=O)NCc3ccccn3)ccc12. The lowest BCUT2D eigenvalue weighted by Crippen LogP contribution is -2.23. The monoisotopic (exact) mass is 355 g/mol. The largest absolute Gasteiger partial charge is 0.326 e. The average Bonchev–Trinajstić information content (AvgIpc) is 2.60. The fourth-order valence-corrected chi connectivity index (χ4v) is 3.52. The van der Waals surface area contributed by atoms with E-state index in [2.05, 4.69) is 15.0 Å². The summed E-state index contributed by atoms with van der Waals surface area (Å²) in [5, 5.41) is 4.25. The molecule has 0 aliphatic carbocycles. The van der Waals surface area contributed by atoms with Gasteiger partial charge in [0.15, 0.2) is 0 Å². The molecule has 0 fully saturated rings. The molecular weight excluding hydrogens is 338 g/mol. The zero-order chi connectivity index (χ0) is 17.9. The molecule has 3 aromatic rings. The highest BCUT2D eigenvalue weighted by Crippen LogP contribution is 2.26. The van der Waals surface area contributed by atoms with E-state index >= 15 is 0 Å². The van der Waals surface area contributed by atoms with Gasteiger partial charge in [0.25, 0.3) is 0 Å². The number of carbonyl (C=O) groups excluding carboxylic acids is 1. The Kier molecular flexibility index (Phi) is 4.78. The third kappa shape index (κ3) is 4.01. The topological polar surface area (TPSA) is 88.2 Å². The molecule has 0 aliphatic heterocycles. The highest BCUT2D eigenvalue weighted by Gasteiger charge is 2.15. The highest BCUT2D eigenvalue weighted by atomic mass is 32.2. The van der Waals surface area contributed by atoms with Crippen LogP contribution in [0, 0.1) is 0 Å². The summed E-state index contributed by atoms with van der Waals surface area (Å²) in [4.78, 5) is 15.5. The van der Waals surface area contributed by atoms with E-state index in [0.29, 0.717) is 11.4 Å². The van der Waals surface area contributed by atoms with Crippen LogP contribution in [0.5, 0.6) is 0 Å². The van der Waals surface area contributed by atoms with Crippen molar-refractivity contribution in [3.8, 4) is 0 Å². The Morgan fingerprint density at radius 2 is 1.92 bits per heavy atom. The van der Waals surface area contributed by atoms with Gasteiger partial charge in [-0.1, -0.05) is 24.3 Å². The number of nitrogens with one attached hydrogen (secondary N) is 2. The standard InChI is InChI=1S/C18H17N3O3S/c1-13(22)21-18-7-4-5-14-11-16(8-9-17(14)18)25(23,24)20-12-15-6-2-3-10-19-15/h2-11,20H,12H2,1H3,(H,21,22). The summed E-state index contributed by atoms with van der Waals surface area (Å²) in [6, 6.07) is 15.5. The predicted molar refractivity (Wildman–Crippen MR) is 96.5 cm³/mol. The fraction of sp³-hybridized carbons (Fsp3) is 0.111. The minimum atomic E-state index is -3.66. The van der Waals surface area contributed by atoms with E-state index in [-0.39, 0.29) is 17.3 Å². The summed E-state index contributed by atoms with van der Waals surface area (Å²) in [5.74, 6) is -0.179. The first-order valence-electron chi connectivity index (χ1n) is 7.66. The van der Waals surface area contributed by atoms with Crippen molar-refractivity contribution in [2.45, 2.75) is 18.4 Å². The molecule has 1 amide bonds. The van der Waals surface area contributed by atoms with Gasteiger partial charge in [0, 0.05) is 24.2 Å². The number of anilines is 1. The Bertz CT molecular complexity index is 1020. The van der Waals surface area contributed by atoms with Gasteiger partial charge in [0.2, 0.25) is 15.9 Å². The third-order valence-corrected chi connectivity index (χ3v) is 5.04. The molecule has 1 aromatic heterocycles. The molecule has 7 heteroatoms. The molecule has 128 valence electrons. The van der Waals surface area contributed by atoms with E-state index in [9.17, 15) is 13.2 Å². The second kappa shape index (κ2) is 7.00. The molecule has 0 unspecified atom stereocenters. The van der Waals surface area contributed by atoms with Crippen molar-refractivity contribution < 1.29 is 13.2 Å². The molecule has 25 heavy (non-hydrogen) atoms. The van der Waals surface area contributed by atoms with E-state index in [1.54, 1.807) is 54.7 Å². The van der Waals surface area contributed by atoms with Gasteiger partial charge < -0.3 is 5.32 Å². The molecule has 1 heterocycles. The number of hydrogen-bond acceptors (Lipinski definition) is 4. The first kappa shape index (κ1) is 17.1. The van der Waals surface area contributed by atoms with Gasteiger partial charge in [-0.15, -0.1) is 0 Å². The van der Waals surface area contributed by atoms with Gasteiger partial charge in [-0.05, 0) is 35.7 Å². The number of nitrogens with zero attached hydrogens (tertiary/aromatic N) is 1. The van der Waals surface area contributed by atoms with Gasteiger partial charge in [-0.3, -0.25) is 9.78 Å². The van der Waals surface area contributed by atoms with Crippen LogP contribution >= 0.6 is 0 Å². The molecule has 0 aliphatic rings. The zero-order valence-corrected chi connectivity index (χ0v) is 14.4. The molecule has 0 saturated heterocycles. The van der Waals surface area contributed by atoms with Gasteiger partial charge in [-0.2, -0.15) is 0 Å². The number of aromatic nitrogens is 1. The Hall–Kier alpha value is -2.77. The van der Waals surface area contributed by atoms with Gasteiger partial charge in [0.1, 0.15) is 0 Å². The lowest BCUT2D eigenvalue weighted by Gasteiger charge is -2.10. The Balaban J connectivity index is 1.89. The molecule has 0 radical (unpaired) electrons. The minimum absolute atomic E-state index is 0.118. The van der Waals surface area contributed by atoms with Crippen LogP contribution in [0.2, 0.25) is 0 Å². The van der Waals surface area contributed by atoms with Crippen molar-refractivity contribution in [2.75, 3.05) is 5.32 Å². The number of hydrogen-bond donors (Lipinski definition) is 2. The van der Waals surface area contributed by atoms with Gasteiger partial charge in [0.05, 0.1) is 17.1 Å². The smallest absolute Gasteiger partial charge is 0.240 e. The first-order chi connectivity index (χ1) is 12.0. The van der Waals surface area contributed by atoms with Crippen molar-refractivity contribution in [1.82, 2.24) is 9.71 Å². The Morgan fingerprint density at radius 3 is 2.64 bits per heavy atom. The Morgan fingerprint density at radius 1 is 1.08 bits per heavy atom. The van der Waals surface area contributed by atoms with Crippen LogP contribution < -0.4 is 10.0 Å². The van der Waals surface area contributed by atoms with E-state index in [1.807, 2.05) is 0 Å². The van der Waals surface area contributed by atoms with E-state index < -0.39 is 10.0 Å². The van der Waals surface area contributed by atoms with Crippen LogP contribution in [0.15, 0.2) is 65.7 Å². The van der Waals surface area contributed by atoms with Gasteiger partial charge >= 0.3 is 0 Å². The molecule has 0 saturated carbocycles. The van der Waals surface area contributed by atoms with Crippen molar-refractivity contribution >= 4 is 32.4 Å². The van der Waals surface area contributed by atoms with E-state index in [4.69, 9.17) is 0 Å². The van der Waals surface area contributed by atoms with Crippen molar-refractivity contribution in [3.63, 3.8) is 0 Å². The lowest BCUT2D eigenvalue weighted by atomic mass is 10.1. The summed E-state index contributed by atoms with van der Waals surface area (Å²) in [5.41, 5.74) is 1.29. The number of rotatable bonds is 5. The van der Waals surface area contributed by atoms with Crippen LogP contribution in [0.1, 0.15) is 12.6 Å². The highest BCUT2D eigenvalue weighted by molar-refractivity contribution is 7.89. The number of sulfonamides is 1. The maximum absolute atomic E-state index is 12.5. The third-order valence-electron chi connectivity index (χ3n) is 3.64. The maximum Gasteiger partial charge on any atom is 0.240 e. The molecule has 0 bridgehead atoms. The average molecular weight is 355 g/mol. The summed E-state index contributed by atoms with van der Waals surface area (Å²) >= 11 is 0. The number of benzene rings is 2.